The molecule has 1 N–H and O–H groups in total. The van der Waals surface area contributed by atoms with Gasteiger partial charge in [0.05, 0.1) is 34.4 Å². The molecule has 0 aromatic rings. The Hall–Kier alpha value is -0.760. The number of ether oxygens (including phenoxy) is 2. The van der Waals surface area contributed by atoms with E-state index in [9.17, 15) is 14.3 Å². The summed E-state index contributed by atoms with van der Waals surface area (Å²) in [6.07, 6.45) is 49.6. The van der Waals surface area contributed by atoms with Gasteiger partial charge in [-0.15, -0.1) is 0 Å². The predicted molar refractivity (Wildman–Crippen MR) is 252 cm³/mol. The summed E-state index contributed by atoms with van der Waals surface area (Å²) in [5.74, 6) is -0.313. The van der Waals surface area contributed by atoms with Gasteiger partial charge in [0.15, 0.2) is 0 Å². The van der Waals surface area contributed by atoms with Crippen LogP contribution in [0.4, 0.5) is 0 Å². The van der Waals surface area contributed by atoms with E-state index in [1.54, 1.807) is 0 Å². The highest BCUT2D eigenvalue weighted by Crippen LogP contribution is 2.43. The molecule has 0 aliphatic rings. The fraction of sp³-hybridized carbons (Fsp3) is 0.940. The zero-order chi connectivity index (χ0) is 43.4. The Balaban J connectivity index is 4.11. The fourth-order valence-corrected chi connectivity index (χ4v) is 8.11. The number of rotatable bonds is 48. The minimum absolute atomic E-state index is 0.0913. The summed E-state index contributed by atoms with van der Waals surface area (Å²) in [4.78, 5) is 23.0. The second kappa shape index (κ2) is 43.9. The second-order valence-corrected chi connectivity index (χ2v) is 20.0. The molecule has 0 aliphatic heterocycles. The number of allylic oxidation sites excluding steroid dienone is 2. The smallest absolute Gasteiger partial charge is 0.457 e. The third kappa shape index (κ3) is 48.1. The number of carbonyl (C=O) groups is 1. The molecule has 0 aromatic carbocycles. The third-order valence-electron chi connectivity index (χ3n) is 11.3. The molecule has 0 bridgehead atoms. The van der Waals surface area contributed by atoms with Gasteiger partial charge in [-0.1, -0.05) is 212 Å². The van der Waals surface area contributed by atoms with Gasteiger partial charge in [-0.3, -0.25) is 13.8 Å². The highest BCUT2D eigenvalue weighted by atomic mass is 31.2. The fourth-order valence-electron chi connectivity index (χ4n) is 7.37. The number of carbonyl (C=O) groups excluding carboxylic acids is 1. The maximum Gasteiger partial charge on any atom is 0.472 e. The first-order valence-corrected chi connectivity index (χ1v) is 26.9. The molecule has 2 atom stereocenters. The molecule has 0 fully saturated rings. The third-order valence-corrected chi connectivity index (χ3v) is 12.3. The van der Waals surface area contributed by atoms with E-state index in [0.29, 0.717) is 24.1 Å². The van der Waals surface area contributed by atoms with E-state index in [2.05, 4.69) is 26.0 Å². The highest BCUT2D eigenvalue weighted by molar-refractivity contribution is 7.47. The minimum Gasteiger partial charge on any atom is -0.457 e. The van der Waals surface area contributed by atoms with Crippen LogP contribution in [0.2, 0.25) is 0 Å². The lowest BCUT2D eigenvalue weighted by Gasteiger charge is -2.24. The monoisotopic (exact) mass is 859 g/mol. The van der Waals surface area contributed by atoms with Crippen molar-refractivity contribution in [3.05, 3.63) is 12.2 Å². The van der Waals surface area contributed by atoms with Gasteiger partial charge in [-0.2, -0.15) is 0 Å². The summed E-state index contributed by atoms with van der Waals surface area (Å²) in [5, 5.41) is 0. The summed E-state index contributed by atoms with van der Waals surface area (Å²) in [7, 11) is 1.68. The van der Waals surface area contributed by atoms with Crippen LogP contribution in [0.3, 0.4) is 0 Å². The first-order valence-electron chi connectivity index (χ1n) is 25.4. The SMILES string of the molecule is CCCCCCCC/C=C\CCCCCCCCCC(=O)OC(COCCCCCCCCCCCCCCCCCCCCCC)COP(=O)(O)OCC[N+](C)(C)C. The van der Waals surface area contributed by atoms with E-state index in [1.807, 2.05) is 21.1 Å². The number of hydrogen-bond acceptors (Lipinski definition) is 6. The van der Waals surface area contributed by atoms with Gasteiger partial charge < -0.3 is 18.9 Å². The molecule has 0 radical (unpaired) electrons. The molecule has 8 nitrogen and oxygen atoms in total. The van der Waals surface area contributed by atoms with Crippen molar-refractivity contribution in [3.63, 3.8) is 0 Å². The summed E-state index contributed by atoms with van der Waals surface area (Å²) < 4.78 is 35.1. The number of hydrogen-bond donors (Lipinski definition) is 1. The Morgan fingerprint density at radius 2 is 0.881 bits per heavy atom. The van der Waals surface area contributed by atoms with E-state index in [-0.39, 0.29) is 25.8 Å². The molecule has 0 spiro atoms. The zero-order valence-electron chi connectivity index (χ0n) is 40.0. The van der Waals surface area contributed by atoms with Crippen molar-refractivity contribution in [2.24, 2.45) is 0 Å². The number of unbranched alkanes of at least 4 members (excludes halogenated alkanes) is 32. The number of esters is 1. The quantitative estimate of drug-likeness (QED) is 0.0214. The van der Waals surface area contributed by atoms with E-state index in [0.717, 1.165) is 32.1 Å². The van der Waals surface area contributed by atoms with Gasteiger partial charge in [0.1, 0.15) is 19.3 Å². The topological polar surface area (TPSA) is 91.3 Å². The number of likely N-dealkylation sites (N-methyl/N-ethyl adjacent to an activating group) is 1. The Morgan fingerprint density at radius 1 is 0.508 bits per heavy atom. The molecule has 0 rings (SSSR count). The molecule has 0 saturated carbocycles. The van der Waals surface area contributed by atoms with Crippen LogP contribution < -0.4 is 0 Å². The van der Waals surface area contributed by atoms with E-state index < -0.39 is 13.9 Å². The van der Waals surface area contributed by atoms with Crippen LogP contribution in [0.5, 0.6) is 0 Å². The molecule has 2 unspecified atom stereocenters. The highest BCUT2D eigenvalue weighted by Gasteiger charge is 2.26. The molecule has 9 heteroatoms. The van der Waals surface area contributed by atoms with Gasteiger partial charge >= 0.3 is 13.8 Å². The summed E-state index contributed by atoms with van der Waals surface area (Å²) in [6.45, 7) is 5.67. The van der Waals surface area contributed by atoms with Crippen LogP contribution in [-0.2, 0) is 27.9 Å². The molecular formula is C50H101NO7P+. The van der Waals surface area contributed by atoms with Crippen LogP contribution in [0, 0.1) is 0 Å². The van der Waals surface area contributed by atoms with Gasteiger partial charge in [0.25, 0.3) is 0 Å². The standard InChI is InChI=1S/C50H100NO7P/c1-6-8-10-12-14-16-18-20-22-24-25-26-28-30-32-34-36-38-40-42-45-55-47-49(48-57-59(53,54)56-46-44-51(3,4)5)58-50(52)43-41-39-37-35-33-31-29-27-23-21-19-17-15-13-11-9-7-2/h21,23,49H,6-20,22,24-48H2,1-5H3/p+1/b23-21-. The maximum absolute atomic E-state index is 12.7. The average Bonchev–Trinajstić information content (AvgIpc) is 3.19. The van der Waals surface area contributed by atoms with Crippen molar-refractivity contribution in [1.82, 2.24) is 0 Å². The second-order valence-electron chi connectivity index (χ2n) is 18.6. The summed E-state index contributed by atoms with van der Waals surface area (Å²) >= 11 is 0. The molecule has 0 saturated heterocycles. The van der Waals surface area contributed by atoms with E-state index in [1.165, 1.54) is 193 Å². The Bertz CT molecular complexity index is 956. The average molecular weight is 859 g/mol. The van der Waals surface area contributed by atoms with E-state index >= 15 is 0 Å². The number of quaternary nitrogens is 1. The lowest BCUT2D eigenvalue weighted by atomic mass is 10.0. The molecule has 59 heavy (non-hydrogen) atoms. The lowest BCUT2D eigenvalue weighted by Crippen LogP contribution is -2.37. The summed E-state index contributed by atoms with van der Waals surface area (Å²) in [5.41, 5.74) is 0. The predicted octanol–water partition coefficient (Wildman–Crippen LogP) is 15.4. The van der Waals surface area contributed by atoms with Gasteiger partial charge in [-0.25, -0.2) is 4.57 Å². The molecule has 0 heterocycles. The molecule has 352 valence electrons. The Morgan fingerprint density at radius 3 is 1.29 bits per heavy atom. The van der Waals surface area contributed by atoms with Crippen molar-refractivity contribution < 1.29 is 37.3 Å². The molecular weight excluding hydrogens is 758 g/mol. The Kier molecular flexibility index (Phi) is 43.3. The Labute approximate surface area is 367 Å². The van der Waals surface area contributed by atoms with Crippen molar-refractivity contribution in [2.45, 2.75) is 251 Å². The largest absolute Gasteiger partial charge is 0.472 e. The molecule has 0 aliphatic carbocycles. The van der Waals surface area contributed by atoms with Gasteiger partial charge in [0.2, 0.25) is 0 Å². The molecule has 0 amide bonds. The van der Waals surface area contributed by atoms with Crippen molar-refractivity contribution >= 4 is 13.8 Å². The van der Waals surface area contributed by atoms with Crippen LogP contribution >= 0.6 is 7.82 Å². The number of phosphoric acid groups is 1. The first kappa shape index (κ1) is 58.2. The van der Waals surface area contributed by atoms with Crippen molar-refractivity contribution in [3.8, 4) is 0 Å². The van der Waals surface area contributed by atoms with Crippen LogP contribution in [0.1, 0.15) is 245 Å². The van der Waals surface area contributed by atoms with Crippen molar-refractivity contribution in [2.75, 3.05) is 54.1 Å². The zero-order valence-corrected chi connectivity index (χ0v) is 40.9. The molecule has 0 aromatic heterocycles. The summed E-state index contributed by atoms with van der Waals surface area (Å²) in [6, 6.07) is 0. The first-order chi connectivity index (χ1) is 28.6. The van der Waals surface area contributed by atoms with Gasteiger partial charge in [-0.05, 0) is 38.5 Å². The van der Waals surface area contributed by atoms with Crippen LogP contribution in [0.15, 0.2) is 12.2 Å². The maximum atomic E-state index is 12.7. The normalized spacial score (nSPS) is 13.7. The number of phosphoric ester groups is 1. The van der Waals surface area contributed by atoms with Crippen LogP contribution in [-0.4, -0.2) is 75.6 Å². The van der Waals surface area contributed by atoms with Crippen molar-refractivity contribution in [1.29, 1.82) is 0 Å². The van der Waals surface area contributed by atoms with Gasteiger partial charge in [0, 0.05) is 13.0 Å². The number of nitrogens with zero attached hydrogens (tertiary/aromatic N) is 1. The minimum atomic E-state index is -4.27. The van der Waals surface area contributed by atoms with E-state index in [4.69, 9.17) is 18.5 Å². The van der Waals surface area contributed by atoms with Crippen LogP contribution in [0.25, 0.3) is 0 Å². The lowest BCUT2D eigenvalue weighted by molar-refractivity contribution is -0.870.